The third kappa shape index (κ3) is 8.18. The average molecular weight is 257 g/mol. The molecule has 2 N–H and O–H groups in total. The molecule has 0 radical (unpaired) electrons. The number of likely N-dealkylation sites (N-methyl/N-ethyl adjacent to an activating group) is 1. The molecule has 1 atom stereocenters. The molecule has 0 fully saturated rings. The fraction of sp³-hybridized carbons (Fsp3) is 1.00. The number of nitrogens with zero attached hydrogens (tertiary/aromatic N) is 1. The second kappa shape index (κ2) is 6.66. The van der Waals surface area contributed by atoms with Crippen molar-refractivity contribution in [3.05, 3.63) is 0 Å². The molecule has 0 aliphatic rings. The second-order valence-corrected chi connectivity index (χ2v) is 5.75. The van der Waals surface area contributed by atoms with Crippen molar-refractivity contribution in [2.24, 2.45) is 0 Å². The predicted molar refractivity (Wildman–Crippen MR) is 55.5 cm³/mol. The Morgan fingerprint density at radius 1 is 1.31 bits per heavy atom. The summed E-state index contributed by atoms with van der Waals surface area (Å²) in [6, 6.07) is 0. The van der Waals surface area contributed by atoms with E-state index < -0.39 is 27.1 Å². The Morgan fingerprint density at radius 2 is 1.81 bits per heavy atom. The summed E-state index contributed by atoms with van der Waals surface area (Å²) in [5.41, 5.74) is 0. The number of hydrogen-bond acceptors (Lipinski definition) is 6. The van der Waals surface area contributed by atoms with Crippen LogP contribution in [0, 0.1) is 0 Å². The van der Waals surface area contributed by atoms with Crippen LogP contribution in [0.3, 0.4) is 0 Å². The molecule has 0 aromatic carbocycles. The van der Waals surface area contributed by atoms with Gasteiger partial charge in [0, 0.05) is 0 Å². The molecule has 0 spiro atoms. The van der Waals surface area contributed by atoms with Crippen molar-refractivity contribution in [2.45, 2.75) is 6.10 Å². The van der Waals surface area contributed by atoms with E-state index in [1.54, 1.807) is 0 Å². The fourth-order valence-corrected chi connectivity index (χ4v) is 1.63. The van der Waals surface area contributed by atoms with Crippen LogP contribution in [-0.2, 0) is 13.6 Å². The Kier molecular flexibility index (Phi) is 6.65. The van der Waals surface area contributed by atoms with Crippen LogP contribution in [0.5, 0.6) is 0 Å². The van der Waals surface area contributed by atoms with Gasteiger partial charge in [-0.05, 0) is 0 Å². The van der Waals surface area contributed by atoms with Gasteiger partial charge in [-0.2, -0.15) is 0 Å². The third-order valence-electron chi connectivity index (χ3n) is 1.70. The van der Waals surface area contributed by atoms with Gasteiger partial charge in [-0.1, -0.05) is 0 Å². The highest BCUT2D eigenvalue weighted by molar-refractivity contribution is 7.45. The summed E-state index contributed by atoms with van der Waals surface area (Å²) in [7, 11) is 1.23. The van der Waals surface area contributed by atoms with Gasteiger partial charge in [0.2, 0.25) is 0 Å². The van der Waals surface area contributed by atoms with Gasteiger partial charge in [0.05, 0.1) is 34.4 Å². The lowest BCUT2D eigenvalue weighted by Gasteiger charge is -2.28. The van der Waals surface area contributed by atoms with Crippen molar-refractivity contribution in [1.82, 2.24) is 0 Å². The van der Waals surface area contributed by atoms with Gasteiger partial charge in [0.1, 0.15) is 19.3 Å². The maximum absolute atomic E-state index is 11.2. The molecule has 1 unspecified atom stereocenters. The largest absolute Gasteiger partial charge is 0.756 e. The minimum atomic E-state index is -4.45. The van der Waals surface area contributed by atoms with Crippen LogP contribution >= 0.6 is 7.82 Å². The van der Waals surface area contributed by atoms with E-state index in [0.717, 1.165) is 0 Å². The molecule has 98 valence electrons. The molecule has 0 heterocycles. The van der Waals surface area contributed by atoms with Crippen LogP contribution in [0.25, 0.3) is 0 Å². The van der Waals surface area contributed by atoms with Crippen molar-refractivity contribution in [1.29, 1.82) is 0 Å². The molecule has 0 rings (SSSR count). The van der Waals surface area contributed by atoms with Gasteiger partial charge in [-0.15, -0.1) is 0 Å². The van der Waals surface area contributed by atoms with Crippen molar-refractivity contribution in [3.63, 3.8) is 0 Å². The first-order valence-corrected chi connectivity index (χ1v) is 6.32. The summed E-state index contributed by atoms with van der Waals surface area (Å²) in [5, 5.41) is 17.3. The van der Waals surface area contributed by atoms with Gasteiger partial charge in [-0.3, -0.25) is 4.57 Å². The minimum absolute atomic E-state index is 0.00610. The van der Waals surface area contributed by atoms with Crippen LogP contribution in [-0.4, -0.2) is 68.3 Å². The lowest BCUT2D eigenvalue weighted by atomic mass is 10.4. The van der Waals surface area contributed by atoms with Crippen LogP contribution in [0.2, 0.25) is 0 Å². The fourth-order valence-electron chi connectivity index (χ4n) is 0.764. The molecular formula is C8H20NO6P. The Bertz CT molecular complexity index is 237. The average Bonchev–Trinajstić information content (AvgIpc) is 2.11. The van der Waals surface area contributed by atoms with E-state index >= 15 is 0 Å². The normalized spacial score (nSPS) is 16.4. The van der Waals surface area contributed by atoms with Crippen LogP contribution in [0.15, 0.2) is 0 Å². The highest BCUT2D eigenvalue weighted by Crippen LogP contribution is 2.39. The second-order valence-electron chi connectivity index (χ2n) is 4.39. The van der Waals surface area contributed by atoms with Crippen LogP contribution in [0.4, 0.5) is 0 Å². The van der Waals surface area contributed by atoms with E-state index in [9.17, 15) is 9.46 Å². The Balaban J connectivity index is 4.00. The lowest BCUT2D eigenvalue weighted by Crippen LogP contribution is -2.37. The van der Waals surface area contributed by atoms with E-state index in [0.29, 0.717) is 11.0 Å². The summed E-state index contributed by atoms with van der Waals surface area (Å²) < 4.78 is 20.8. The maximum Gasteiger partial charge on any atom is 0.268 e. The Hall–Kier alpha value is -0.0100. The van der Waals surface area contributed by atoms with Crippen molar-refractivity contribution in [3.8, 4) is 0 Å². The van der Waals surface area contributed by atoms with Gasteiger partial charge < -0.3 is 28.6 Å². The molecule has 0 bridgehead atoms. The first kappa shape index (κ1) is 16.0. The zero-order valence-electron chi connectivity index (χ0n) is 9.83. The first-order chi connectivity index (χ1) is 7.20. The Labute approximate surface area is 95.4 Å². The minimum Gasteiger partial charge on any atom is -0.756 e. The summed E-state index contributed by atoms with van der Waals surface area (Å²) >= 11 is 0. The number of hydrogen-bond donors (Lipinski definition) is 2. The number of quaternary nitrogens is 1. The SMILES string of the molecule is C[N+](C)(C)CCOP(=O)([O-])OC(CO)CO. The zero-order valence-corrected chi connectivity index (χ0v) is 10.7. The van der Waals surface area contributed by atoms with Crippen molar-refractivity contribution >= 4 is 7.82 Å². The van der Waals surface area contributed by atoms with Gasteiger partial charge in [0.25, 0.3) is 7.82 Å². The molecule has 7 nitrogen and oxygen atoms in total. The highest BCUT2D eigenvalue weighted by Gasteiger charge is 2.18. The lowest BCUT2D eigenvalue weighted by molar-refractivity contribution is -0.870. The first-order valence-electron chi connectivity index (χ1n) is 4.86. The molecule has 0 aliphatic heterocycles. The number of rotatable bonds is 8. The van der Waals surface area contributed by atoms with Gasteiger partial charge in [-0.25, -0.2) is 0 Å². The van der Waals surface area contributed by atoms with E-state index in [1.165, 1.54) is 0 Å². The van der Waals surface area contributed by atoms with E-state index in [-0.39, 0.29) is 6.61 Å². The third-order valence-corrected chi connectivity index (χ3v) is 2.75. The zero-order chi connectivity index (χ0) is 12.8. The quantitative estimate of drug-likeness (QED) is 0.407. The summed E-state index contributed by atoms with van der Waals surface area (Å²) in [4.78, 5) is 11.2. The summed E-state index contributed by atoms with van der Waals surface area (Å²) in [5.74, 6) is 0. The van der Waals surface area contributed by atoms with E-state index in [4.69, 9.17) is 10.2 Å². The van der Waals surface area contributed by atoms with E-state index in [2.05, 4.69) is 9.05 Å². The number of aliphatic hydroxyl groups excluding tert-OH is 2. The standard InChI is InChI=1S/C8H20NO6P/c1-9(2,3)4-5-14-16(12,13)15-8(6-10)7-11/h8,10-11H,4-7H2,1-3H3. The predicted octanol–water partition coefficient (Wildman–Crippen LogP) is -1.45. The molecule has 0 aromatic rings. The van der Waals surface area contributed by atoms with Crippen LogP contribution in [0.1, 0.15) is 0 Å². The summed E-state index contributed by atoms with van der Waals surface area (Å²) in [6.45, 7) is -0.671. The number of aliphatic hydroxyl groups is 2. The molecule has 16 heavy (non-hydrogen) atoms. The van der Waals surface area contributed by atoms with Crippen molar-refractivity contribution in [2.75, 3.05) is 47.5 Å². The smallest absolute Gasteiger partial charge is 0.268 e. The number of phosphoric ester groups is 1. The maximum atomic E-state index is 11.2. The summed E-state index contributed by atoms with van der Waals surface area (Å²) in [6.07, 6.45) is -1.16. The monoisotopic (exact) mass is 257 g/mol. The Morgan fingerprint density at radius 3 is 2.19 bits per heavy atom. The van der Waals surface area contributed by atoms with Crippen LogP contribution < -0.4 is 4.89 Å². The molecule has 0 saturated carbocycles. The van der Waals surface area contributed by atoms with Gasteiger partial charge >= 0.3 is 0 Å². The van der Waals surface area contributed by atoms with Crippen molar-refractivity contribution < 1.29 is 33.2 Å². The van der Waals surface area contributed by atoms with Gasteiger partial charge in [0.15, 0.2) is 0 Å². The highest BCUT2D eigenvalue weighted by atomic mass is 31.2. The molecule has 0 aliphatic carbocycles. The molecular weight excluding hydrogens is 237 g/mol. The molecule has 0 amide bonds. The van der Waals surface area contributed by atoms with E-state index in [1.807, 2.05) is 21.1 Å². The molecule has 0 aromatic heterocycles. The number of phosphoric acid groups is 1. The topological polar surface area (TPSA) is 99.1 Å². The molecule has 8 heteroatoms. The molecule has 0 saturated heterocycles.